The molecular formula is C15H15ClN2O. The van der Waals surface area contributed by atoms with Crippen LogP contribution in [0.2, 0.25) is 5.02 Å². The topological polar surface area (TPSA) is 48.1 Å². The molecule has 0 unspecified atom stereocenters. The van der Waals surface area contributed by atoms with Gasteiger partial charge in [-0.3, -0.25) is 0 Å². The lowest BCUT2D eigenvalue weighted by molar-refractivity contribution is 0.348. The highest BCUT2D eigenvalue weighted by Gasteiger charge is 2.01. The van der Waals surface area contributed by atoms with Crippen LogP contribution < -0.4 is 10.5 Å². The van der Waals surface area contributed by atoms with Crippen molar-refractivity contribution in [3.8, 4) is 5.88 Å². The van der Waals surface area contributed by atoms with E-state index < -0.39 is 0 Å². The van der Waals surface area contributed by atoms with Gasteiger partial charge >= 0.3 is 0 Å². The molecule has 0 radical (unpaired) electrons. The van der Waals surface area contributed by atoms with E-state index in [-0.39, 0.29) is 0 Å². The molecule has 2 rings (SSSR count). The molecule has 1 aromatic carbocycles. The summed E-state index contributed by atoms with van der Waals surface area (Å²) >= 11 is 5.93. The van der Waals surface area contributed by atoms with Gasteiger partial charge in [0.1, 0.15) is 6.61 Å². The summed E-state index contributed by atoms with van der Waals surface area (Å²) in [5.74, 6) is 0.530. The summed E-state index contributed by atoms with van der Waals surface area (Å²) in [6.45, 7) is 0.825. The molecular weight excluding hydrogens is 260 g/mol. The van der Waals surface area contributed by atoms with E-state index in [1.165, 1.54) is 0 Å². The van der Waals surface area contributed by atoms with Crippen LogP contribution >= 0.6 is 11.6 Å². The van der Waals surface area contributed by atoms with Crippen LogP contribution in [0, 0.1) is 0 Å². The van der Waals surface area contributed by atoms with Crippen molar-refractivity contribution < 1.29 is 4.74 Å². The fourth-order valence-electron chi connectivity index (χ4n) is 1.58. The number of benzene rings is 1. The maximum atomic E-state index is 5.93. The normalized spacial score (nSPS) is 10.8. The molecule has 0 bridgehead atoms. The Hall–Kier alpha value is -1.84. The number of pyridine rings is 1. The molecule has 3 nitrogen and oxygen atoms in total. The van der Waals surface area contributed by atoms with Gasteiger partial charge in [0, 0.05) is 18.8 Å². The fraction of sp³-hybridized carbons (Fsp3) is 0.133. The number of ether oxygens (including phenoxy) is 1. The fourth-order valence-corrected chi connectivity index (χ4v) is 1.76. The SMILES string of the molecule is NCc1cc(OC/C=C/c2ccccc2)ncc1Cl. The molecule has 0 atom stereocenters. The lowest BCUT2D eigenvalue weighted by Crippen LogP contribution is -2.01. The second-order valence-electron chi connectivity index (χ2n) is 3.94. The molecule has 0 spiro atoms. The van der Waals surface area contributed by atoms with Crippen LogP contribution in [0.15, 0.2) is 48.7 Å². The number of halogens is 1. The first-order chi connectivity index (χ1) is 9.29. The molecule has 0 amide bonds. The quantitative estimate of drug-likeness (QED) is 0.910. The van der Waals surface area contributed by atoms with Crippen molar-refractivity contribution in [2.75, 3.05) is 6.61 Å². The van der Waals surface area contributed by atoms with Crippen molar-refractivity contribution in [2.45, 2.75) is 6.54 Å². The monoisotopic (exact) mass is 274 g/mol. The summed E-state index contributed by atoms with van der Waals surface area (Å²) in [5.41, 5.74) is 7.54. The zero-order valence-electron chi connectivity index (χ0n) is 10.4. The zero-order valence-corrected chi connectivity index (χ0v) is 11.2. The van der Waals surface area contributed by atoms with E-state index in [0.29, 0.717) is 24.1 Å². The van der Waals surface area contributed by atoms with Gasteiger partial charge in [-0.2, -0.15) is 0 Å². The first-order valence-corrected chi connectivity index (χ1v) is 6.36. The Morgan fingerprint density at radius 3 is 2.79 bits per heavy atom. The van der Waals surface area contributed by atoms with Crippen molar-refractivity contribution in [3.05, 3.63) is 64.8 Å². The Kier molecular flexibility index (Phi) is 4.95. The first-order valence-electron chi connectivity index (χ1n) is 5.98. The third-order valence-electron chi connectivity index (χ3n) is 2.57. The Labute approximate surface area is 117 Å². The number of nitrogens with zero attached hydrogens (tertiary/aromatic N) is 1. The lowest BCUT2D eigenvalue weighted by Gasteiger charge is -2.05. The van der Waals surface area contributed by atoms with Gasteiger partial charge in [-0.25, -0.2) is 4.98 Å². The highest BCUT2D eigenvalue weighted by molar-refractivity contribution is 6.31. The predicted octanol–water partition coefficient (Wildman–Crippen LogP) is 3.29. The van der Waals surface area contributed by atoms with Crippen molar-refractivity contribution in [3.63, 3.8) is 0 Å². The molecule has 19 heavy (non-hydrogen) atoms. The molecule has 0 saturated carbocycles. The van der Waals surface area contributed by atoms with Crippen molar-refractivity contribution in [2.24, 2.45) is 5.73 Å². The van der Waals surface area contributed by atoms with Gasteiger partial charge in [0.25, 0.3) is 0 Å². The van der Waals surface area contributed by atoms with E-state index in [1.54, 1.807) is 12.3 Å². The minimum Gasteiger partial charge on any atom is -0.473 e. The molecule has 0 aliphatic carbocycles. The number of hydrogen-bond donors (Lipinski definition) is 1. The number of rotatable bonds is 5. The Balaban J connectivity index is 1.91. The lowest BCUT2D eigenvalue weighted by atomic mass is 10.2. The smallest absolute Gasteiger partial charge is 0.213 e. The second kappa shape index (κ2) is 6.92. The van der Waals surface area contributed by atoms with Gasteiger partial charge in [-0.1, -0.05) is 48.0 Å². The van der Waals surface area contributed by atoms with Crippen molar-refractivity contribution >= 4 is 17.7 Å². The van der Waals surface area contributed by atoms with E-state index in [0.717, 1.165) is 11.1 Å². The Morgan fingerprint density at radius 1 is 1.26 bits per heavy atom. The van der Waals surface area contributed by atoms with Crippen LogP contribution in [0.4, 0.5) is 0 Å². The van der Waals surface area contributed by atoms with Gasteiger partial charge < -0.3 is 10.5 Å². The molecule has 2 N–H and O–H groups in total. The molecule has 4 heteroatoms. The van der Waals surface area contributed by atoms with Crippen LogP contribution in [0.25, 0.3) is 6.08 Å². The standard InChI is InChI=1S/C15H15ClN2O/c16-14-11-18-15(9-13(14)10-17)19-8-4-7-12-5-2-1-3-6-12/h1-7,9,11H,8,10,17H2/b7-4+. The van der Waals surface area contributed by atoms with Crippen LogP contribution in [-0.2, 0) is 6.54 Å². The minimum atomic E-state index is 0.373. The van der Waals surface area contributed by atoms with Gasteiger partial charge in [-0.05, 0) is 17.2 Å². The summed E-state index contributed by atoms with van der Waals surface area (Å²) in [5, 5.41) is 0.565. The molecule has 1 heterocycles. The van der Waals surface area contributed by atoms with Crippen LogP contribution in [0.3, 0.4) is 0 Å². The van der Waals surface area contributed by atoms with Crippen molar-refractivity contribution in [1.82, 2.24) is 4.98 Å². The maximum Gasteiger partial charge on any atom is 0.213 e. The van der Waals surface area contributed by atoms with E-state index in [2.05, 4.69) is 4.98 Å². The first kappa shape index (κ1) is 13.6. The summed E-state index contributed by atoms with van der Waals surface area (Å²) in [6.07, 6.45) is 5.49. The van der Waals surface area contributed by atoms with Crippen LogP contribution in [0.1, 0.15) is 11.1 Å². The molecule has 2 aromatic rings. The molecule has 1 aromatic heterocycles. The molecule has 0 aliphatic heterocycles. The van der Waals surface area contributed by atoms with E-state index in [1.807, 2.05) is 42.5 Å². The molecule has 98 valence electrons. The largest absolute Gasteiger partial charge is 0.473 e. The minimum absolute atomic E-state index is 0.373. The van der Waals surface area contributed by atoms with Crippen LogP contribution in [-0.4, -0.2) is 11.6 Å². The van der Waals surface area contributed by atoms with Gasteiger partial charge in [-0.15, -0.1) is 0 Å². The molecule has 0 aliphatic rings. The van der Waals surface area contributed by atoms with E-state index in [9.17, 15) is 0 Å². The van der Waals surface area contributed by atoms with Crippen LogP contribution in [0.5, 0.6) is 5.88 Å². The highest BCUT2D eigenvalue weighted by Crippen LogP contribution is 2.18. The number of aromatic nitrogens is 1. The summed E-state index contributed by atoms with van der Waals surface area (Å²) in [7, 11) is 0. The molecule has 0 fully saturated rings. The Morgan fingerprint density at radius 2 is 2.05 bits per heavy atom. The molecule has 0 saturated heterocycles. The summed E-state index contributed by atoms with van der Waals surface area (Å²) < 4.78 is 5.51. The third kappa shape index (κ3) is 4.09. The second-order valence-corrected chi connectivity index (χ2v) is 4.35. The van der Waals surface area contributed by atoms with E-state index in [4.69, 9.17) is 22.1 Å². The number of hydrogen-bond acceptors (Lipinski definition) is 3. The zero-order chi connectivity index (χ0) is 13.5. The van der Waals surface area contributed by atoms with Crippen molar-refractivity contribution in [1.29, 1.82) is 0 Å². The average Bonchev–Trinajstić information content (AvgIpc) is 2.46. The van der Waals surface area contributed by atoms with E-state index >= 15 is 0 Å². The summed E-state index contributed by atoms with van der Waals surface area (Å²) in [6, 6.07) is 11.8. The van der Waals surface area contributed by atoms with Gasteiger partial charge in [0.05, 0.1) is 5.02 Å². The predicted molar refractivity (Wildman–Crippen MR) is 78.1 cm³/mol. The van der Waals surface area contributed by atoms with Gasteiger partial charge in [0.2, 0.25) is 5.88 Å². The summed E-state index contributed by atoms with van der Waals surface area (Å²) in [4.78, 5) is 4.09. The average molecular weight is 275 g/mol. The number of nitrogens with two attached hydrogens (primary N) is 1. The maximum absolute atomic E-state index is 5.93. The van der Waals surface area contributed by atoms with Gasteiger partial charge in [0.15, 0.2) is 0 Å². The highest BCUT2D eigenvalue weighted by atomic mass is 35.5. The third-order valence-corrected chi connectivity index (χ3v) is 2.91. The Bertz CT molecular complexity index is 555.